The van der Waals surface area contributed by atoms with E-state index in [0.717, 1.165) is 9.13 Å². The minimum absolute atomic E-state index is 0.0238. The van der Waals surface area contributed by atoms with Crippen LogP contribution < -0.4 is 26.2 Å². The van der Waals surface area contributed by atoms with Crippen molar-refractivity contribution in [3.8, 4) is 5.75 Å². The van der Waals surface area contributed by atoms with E-state index in [0.29, 0.717) is 51.6 Å². The molecular weight excluding hydrogens is 507 g/mol. The number of hydrogen-bond acceptors (Lipinski definition) is 5. The second-order valence-corrected chi connectivity index (χ2v) is 10.6. The van der Waals surface area contributed by atoms with Crippen LogP contribution in [0.5, 0.6) is 5.75 Å². The van der Waals surface area contributed by atoms with Gasteiger partial charge in [0.1, 0.15) is 5.60 Å². The number of fused-ring (bicyclic) bond motifs is 1. The molecule has 0 spiro atoms. The number of ether oxygens (including phenoxy) is 2. The van der Waals surface area contributed by atoms with E-state index in [4.69, 9.17) is 14.7 Å². The molecule has 1 aromatic rings. The van der Waals surface area contributed by atoms with E-state index < -0.39 is 27.1 Å². The van der Waals surface area contributed by atoms with Crippen molar-refractivity contribution in [2.24, 2.45) is 0 Å². The van der Waals surface area contributed by atoms with Crippen molar-refractivity contribution in [3.05, 3.63) is 32.2 Å². The Hall–Kier alpha value is -2.31. The molecule has 0 aliphatic carbocycles. The van der Waals surface area contributed by atoms with E-state index in [1.807, 2.05) is 26.8 Å². The summed E-state index contributed by atoms with van der Waals surface area (Å²) >= 11 is -1.19. The predicted octanol–water partition coefficient (Wildman–Crippen LogP) is -1.10. The summed E-state index contributed by atoms with van der Waals surface area (Å²) in [6, 6.07) is 5.29. The van der Waals surface area contributed by atoms with Gasteiger partial charge in [0.15, 0.2) is 0 Å². The van der Waals surface area contributed by atoms with Gasteiger partial charge in [-0.2, -0.15) is 0 Å². The molecule has 1 aromatic carbocycles. The monoisotopic (exact) mass is 534 g/mol. The SMILES string of the molecule is CC(C)(C)OC(=O)N1CCN(C(=O)N2CCOc3cc([I-][N+](=O)O)ccc3C2)CC1. The van der Waals surface area contributed by atoms with Crippen LogP contribution in [0.1, 0.15) is 26.3 Å². The van der Waals surface area contributed by atoms with Crippen LogP contribution in [-0.4, -0.2) is 80.1 Å². The van der Waals surface area contributed by atoms with Gasteiger partial charge in [0.2, 0.25) is 0 Å². The third-order valence-corrected chi connectivity index (χ3v) is 6.29. The molecule has 10 nitrogen and oxygen atoms in total. The number of benzene rings is 1. The minimum atomic E-state index is -1.19. The van der Waals surface area contributed by atoms with Crippen LogP contribution in [-0.2, 0) is 11.3 Å². The second kappa shape index (κ2) is 9.23. The summed E-state index contributed by atoms with van der Waals surface area (Å²) in [5, 5.41) is 8.93. The Kier molecular flexibility index (Phi) is 6.88. The zero-order valence-electron chi connectivity index (χ0n) is 17.3. The molecule has 2 aliphatic rings. The fourth-order valence-electron chi connectivity index (χ4n) is 3.25. The summed E-state index contributed by atoms with van der Waals surface area (Å²) in [5.74, 6) is 0.638. The Balaban J connectivity index is 1.59. The van der Waals surface area contributed by atoms with Crippen LogP contribution in [0.15, 0.2) is 18.2 Å². The number of amides is 3. The van der Waals surface area contributed by atoms with Gasteiger partial charge in [0.25, 0.3) is 0 Å². The standard InChI is InChI=1S/C19H27IN4O6/c1-19(2,3)30-18(26)22-8-6-21(7-9-22)17(25)23-10-11-29-16-12-15(20-24(27)28)5-4-14(16)13-23/h4-5,12H,6-11,13H2,1-3H3,(H,27,28). The van der Waals surface area contributed by atoms with Gasteiger partial charge in [-0.25, -0.2) is 4.79 Å². The molecule has 3 amide bonds. The molecule has 2 heterocycles. The van der Waals surface area contributed by atoms with Crippen molar-refractivity contribution >= 4 is 12.1 Å². The van der Waals surface area contributed by atoms with Crippen molar-refractivity contribution < 1.29 is 48.9 Å². The van der Waals surface area contributed by atoms with Crippen molar-refractivity contribution in [3.63, 3.8) is 0 Å². The summed E-state index contributed by atoms with van der Waals surface area (Å²) < 4.78 is 11.9. The van der Waals surface area contributed by atoms with E-state index in [1.165, 1.54) is 0 Å². The van der Waals surface area contributed by atoms with Crippen LogP contribution in [0.4, 0.5) is 9.59 Å². The van der Waals surface area contributed by atoms with E-state index in [9.17, 15) is 14.5 Å². The van der Waals surface area contributed by atoms with Gasteiger partial charge in [-0.15, -0.1) is 0 Å². The molecule has 0 atom stereocenters. The van der Waals surface area contributed by atoms with Gasteiger partial charge in [-0.3, -0.25) is 0 Å². The van der Waals surface area contributed by atoms with Crippen LogP contribution in [0, 0.1) is 8.48 Å². The zero-order chi connectivity index (χ0) is 21.9. The summed E-state index contributed by atoms with van der Waals surface area (Å²) in [7, 11) is 0. The van der Waals surface area contributed by atoms with E-state index in [-0.39, 0.29) is 15.3 Å². The molecule has 1 saturated heterocycles. The first kappa shape index (κ1) is 22.4. The van der Waals surface area contributed by atoms with Crippen molar-refractivity contribution in [2.45, 2.75) is 32.9 Å². The summed E-state index contributed by atoms with van der Waals surface area (Å²) in [6.07, 6.45) is -0.357. The molecule has 11 heteroatoms. The van der Waals surface area contributed by atoms with Crippen molar-refractivity contribution in [1.82, 2.24) is 14.7 Å². The Bertz CT molecular complexity index is 820. The molecule has 166 valence electrons. The maximum atomic E-state index is 13.0. The Morgan fingerprint density at radius 1 is 1.10 bits per heavy atom. The number of carbonyl (C=O) groups excluding carboxylic acids is 2. The average Bonchev–Trinajstić information content (AvgIpc) is 2.88. The fourth-order valence-corrected chi connectivity index (χ4v) is 4.49. The van der Waals surface area contributed by atoms with Gasteiger partial charge in [0, 0.05) is 0 Å². The third-order valence-electron chi connectivity index (χ3n) is 4.65. The molecule has 2 aliphatic heterocycles. The predicted molar refractivity (Wildman–Crippen MR) is 101 cm³/mol. The van der Waals surface area contributed by atoms with Crippen LogP contribution >= 0.6 is 0 Å². The Morgan fingerprint density at radius 2 is 1.77 bits per heavy atom. The number of carbonyl (C=O) groups is 2. The first-order chi connectivity index (χ1) is 14.1. The molecule has 1 fully saturated rings. The summed E-state index contributed by atoms with van der Waals surface area (Å²) in [5.41, 5.74) is 0.311. The normalized spacial score (nSPS) is 17.1. The summed E-state index contributed by atoms with van der Waals surface area (Å²) in [4.78, 5) is 41.2. The van der Waals surface area contributed by atoms with Crippen LogP contribution in [0.2, 0.25) is 0 Å². The number of hydrogen-bond donors (Lipinski definition) is 1. The van der Waals surface area contributed by atoms with Crippen molar-refractivity contribution in [1.29, 1.82) is 0 Å². The van der Waals surface area contributed by atoms with Crippen molar-refractivity contribution in [2.75, 3.05) is 39.3 Å². The molecule has 0 bridgehead atoms. The third kappa shape index (κ3) is 5.86. The molecule has 1 N–H and O–H groups in total. The van der Waals surface area contributed by atoms with E-state index in [2.05, 4.69) is 0 Å². The fraction of sp³-hybridized carbons (Fsp3) is 0.579. The molecule has 3 rings (SSSR count). The van der Waals surface area contributed by atoms with E-state index in [1.54, 1.807) is 26.8 Å². The zero-order valence-corrected chi connectivity index (χ0v) is 19.5. The van der Waals surface area contributed by atoms with Gasteiger partial charge in [0.05, 0.1) is 0 Å². The average molecular weight is 534 g/mol. The topological polar surface area (TPSA) is 103 Å². The molecular formula is C19H27IN4O6. The Morgan fingerprint density at radius 3 is 2.40 bits per heavy atom. The van der Waals surface area contributed by atoms with Gasteiger partial charge in [-0.1, -0.05) is 0 Å². The number of nitrogens with zero attached hydrogens (tertiary/aromatic N) is 4. The molecule has 0 saturated carbocycles. The maximum absolute atomic E-state index is 13.0. The number of halogens is 1. The molecule has 0 aromatic heterocycles. The quantitative estimate of drug-likeness (QED) is 0.294. The Labute approximate surface area is 185 Å². The molecule has 30 heavy (non-hydrogen) atoms. The molecule has 0 radical (unpaired) electrons. The summed E-state index contributed by atoms with van der Waals surface area (Å²) in [6.45, 7) is 8.43. The molecule has 0 unspecified atom stereocenters. The van der Waals surface area contributed by atoms with Crippen LogP contribution in [0.25, 0.3) is 0 Å². The first-order valence-electron chi connectivity index (χ1n) is 9.71. The van der Waals surface area contributed by atoms with Crippen LogP contribution in [0.3, 0.4) is 0 Å². The van der Waals surface area contributed by atoms with Gasteiger partial charge in [-0.05, 0) is 20.8 Å². The number of urea groups is 1. The number of rotatable bonds is 2. The van der Waals surface area contributed by atoms with Gasteiger partial charge >= 0.3 is 150 Å². The first-order valence-corrected chi connectivity index (χ1v) is 11.8. The number of piperazine rings is 1. The second-order valence-electron chi connectivity index (χ2n) is 8.07. The van der Waals surface area contributed by atoms with E-state index >= 15 is 0 Å². The van der Waals surface area contributed by atoms with Gasteiger partial charge < -0.3 is 4.74 Å².